The van der Waals surface area contributed by atoms with Gasteiger partial charge in [0.2, 0.25) is 5.12 Å². The summed E-state index contributed by atoms with van der Waals surface area (Å²) in [7, 11) is 0. The number of carbonyl (C=O) groups is 1. The van der Waals surface area contributed by atoms with Gasteiger partial charge in [-0.15, -0.1) is 0 Å². The van der Waals surface area contributed by atoms with Crippen molar-refractivity contribution in [2.45, 2.75) is 134 Å². The number of hydrogen-bond acceptors (Lipinski definition) is 2. The van der Waals surface area contributed by atoms with Crippen LogP contribution in [0.4, 0.5) is 0 Å². The van der Waals surface area contributed by atoms with Crippen molar-refractivity contribution >= 4 is 32.8 Å². The van der Waals surface area contributed by atoms with Gasteiger partial charge in [0.1, 0.15) is 0 Å². The highest BCUT2D eigenvalue weighted by Crippen LogP contribution is 2.67. The molecule has 8 atom stereocenters. The van der Waals surface area contributed by atoms with Crippen molar-refractivity contribution < 1.29 is 4.79 Å². The van der Waals surface area contributed by atoms with Crippen LogP contribution in [0.25, 0.3) is 0 Å². The fourth-order valence-electron chi connectivity index (χ4n) is 8.74. The first-order chi connectivity index (χ1) is 15.8. The molecule has 3 heteroatoms. The number of fused-ring (bicyclic) bond motifs is 5. The molecule has 33 heavy (non-hydrogen) atoms. The first kappa shape index (κ1) is 26.3. The lowest BCUT2D eigenvalue weighted by Gasteiger charge is -2.58. The van der Waals surface area contributed by atoms with Crippen molar-refractivity contribution in [2.75, 3.05) is 0 Å². The maximum atomic E-state index is 12.3. The molecule has 0 aromatic carbocycles. The fourth-order valence-corrected chi connectivity index (χ4v) is 10.1. The van der Waals surface area contributed by atoms with Crippen molar-refractivity contribution in [2.24, 2.45) is 34.5 Å². The summed E-state index contributed by atoms with van der Waals surface area (Å²) in [6, 6.07) is 0. The number of halogens is 1. The number of allylic oxidation sites excluding steroid dienone is 2. The van der Waals surface area contributed by atoms with Gasteiger partial charge in [-0.3, -0.25) is 4.79 Å². The van der Waals surface area contributed by atoms with Gasteiger partial charge in [-0.25, -0.2) is 0 Å². The van der Waals surface area contributed by atoms with Crippen LogP contribution in [0.3, 0.4) is 0 Å². The van der Waals surface area contributed by atoms with Crippen molar-refractivity contribution in [1.29, 1.82) is 0 Å². The van der Waals surface area contributed by atoms with Gasteiger partial charge in [0.15, 0.2) is 0 Å². The van der Waals surface area contributed by atoms with Crippen LogP contribution in [0.1, 0.15) is 124 Å². The second-order valence-electron chi connectivity index (χ2n) is 12.6. The number of unbranched alkanes of at least 4 members (excludes halogenated alkanes) is 5. The molecule has 0 spiro atoms. The van der Waals surface area contributed by atoms with Crippen molar-refractivity contribution in [3.8, 4) is 0 Å². The third-order valence-corrected chi connectivity index (χ3v) is 12.8. The lowest BCUT2D eigenvalue weighted by Crippen LogP contribution is -2.50. The van der Waals surface area contributed by atoms with E-state index in [2.05, 4.69) is 42.8 Å². The monoisotopic (exact) mass is 536 g/mol. The summed E-state index contributed by atoms with van der Waals surface area (Å²) in [5.41, 5.74) is 2.73. The van der Waals surface area contributed by atoms with Crippen molar-refractivity contribution in [1.82, 2.24) is 0 Å². The van der Waals surface area contributed by atoms with Crippen LogP contribution in [-0.2, 0) is 4.79 Å². The summed E-state index contributed by atoms with van der Waals surface area (Å²) < 4.78 is 0. The van der Waals surface area contributed by atoms with E-state index < -0.39 is 0 Å². The minimum absolute atomic E-state index is 0.0248. The van der Waals surface area contributed by atoms with Gasteiger partial charge in [0.05, 0.1) is 4.83 Å². The van der Waals surface area contributed by atoms with Gasteiger partial charge in [-0.05, 0) is 99.2 Å². The average molecular weight is 538 g/mol. The Kier molecular flexibility index (Phi) is 8.85. The average Bonchev–Trinajstić information content (AvgIpc) is 3.12. The summed E-state index contributed by atoms with van der Waals surface area (Å²) >= 11 is 5.09. The third-order valence-electron chi connectivity index (χ3n) is 10.8. The maximum Gasteiger partial charge on any atom is 0.202 e. The van der Waals surface area contributed by atoms with E-state index >= 15 is 0 Å². The number of alkyl halides is 1. The molecule has 0 amide bonds. The highest BCUT2D eigenvalue weighted by molar-refractivity contribution is 9.10. The van der Waals surface area contributed by atoms with Crippen LogP contribution in [0.5, 0.6) is 0 Å². The standard InChI is InChI=1S/C30H49BrOS/c1-5-6-7-8-9-10-11-22-13-15-26-25-14-12-23-20-24(33-28(32)21(2)31)16-18-30(23,4)27(25)17-19-29(22,26)3/h12,21-22,24-27H,5-11,13-20H2,1-4H3/t21-,22-,24+,25+,26-,27+,29-,30+/m1/s1. The zero-order valence-electron chi connectivity index (χ0n) is 21.8. The van der Waals surface area contributed by atoms with E-state index in [1.54, 1.807) is 17.3 Å². The van der Waals surface area contributed by atoms with E-state index in [-0.39, 0.29) is 4.83 Å². The molecule has 0 aromatic heterocycles. The Morgan fingerprint density at radius 2 is 1.82 bits per heavy atom. The Hall–Kier alpha value is 0.240. The molecule has 4 aliphatic carbocycles. The molecule has 1 nitrogen and oxygen atoms in total. The zero-order valence-corrected chi connectivity index (χ0v) is 24.2. The topological polar surface area (TPSA) is 17.1 Å². The Morgan fingerprint density at radius 1 is 1.06 bits per heavy atom. The van der Waals surface area contributed by atoms with Gasteiger partial charge in [0, 0.05) is 5.25 Å². The Labute approximate surface area is 217 Å². The molecule has 0 aliphatic heterocycles. The third kappa shape index (κ3) is 5.35. The van der Waals surface area contributed by atoms with E-state index in [1.165, 1.54) is 89.9 Å². The van der Waals surface area contributed by atoms with Crippen LogP contribution in [0.15, 0.2) is 11.6 Å². The van der Waals surface area contributed by atoms with Gasteiger partial charge in [-0.1, -0.05) is 98.6 Å². The van der Waals surface area contributed by atoms with Gasteiger partial charge in [0.25, 0.3) is 0 Å². The van der Waals surface area contributed by atoms with E-state index in [1.807, 2.05) is 6.92 Å². The molecular weight excluding hydrogens is 488 g/mol. The molecule has 0 aromatic rings. The lowest BCUT2D eigenvalue weighted by molar-refractivity contribution is -0.110. The summed E-state index contributed by atoms with van der Waals surface area (Å²) in [4.78, 5) is 12.3. The zero-order chi connectivity index (χ0) is 23.6. The van der Waals surface area contributed by atoms with E-state index in [0.29, 0.717) is 21.2 Å². The SMILES string of the molecule is CCCCCCCC[C@@H]1CC[C@@H]2[C@@H]3CC=C4C[C@@H](SC(=O)[C@@H](C)Br)CC[C@]4(C)[C@H]3CC[C@]12C. The molecule has 4 rings (SSSR count). The second-order valence-corrected chi connectivity index (χ2v) is 15.2. The minimum Gasteiger partial charge on any atom is -0.286 e. The molecule has 4 aliphatic rings. The van der Waals surface area contributed by atoms with E-state index in [4.69, 9.17) is 0 Å². The van der Waals surface area contributed by atoms with Crippen molar-refractivity contribution in [3.63, 3.8) is 0 Å². The summed E-state index contributed by atoms with van der Waals surface area (Å²) in [5.74, 6) is 3.75. The van der Waals surface area contributed by atoms with Gasteiger partial charge >= 0.3 is 0 Å². The van der Waals surface area contributed by atoms with Crippen LogP contribution >= 0.6 is 27.7 Å². The molecule has 188 valence electrons. The molecule has 0 heterocycles. The van der Waals surface area contributed by atoms with Crippen LogP contribution in [-0.4, -0.2) is 15.2 Å². The largest absolute Gasteiger partial charge is 0.286 e. The second kappa shape index (κ2) is 11.1. The molecule has 3 saturated carbocycles. The number of carbonyl (C=O) groups excluding carboxylic acids is 1. The maximum absolute atomic E-state index is 12.3. The molecule has 0 unspecified atom stereocenters. The number of hydrogen-bond donors (Lipinski definition) is 0. The first-order valence-corrected chi connectivity index (χ1v) is 16.1. The lowest BCUT2D eigenvalue weighted by atomic mass is 9.47. The minimum atomic E-state index is -0.0248. The molecule has 0 N–H and O–H groups in total. The van der Waals surface area contributed by atoms with E-state index in [9.17, 15) is 4.79 Å². The highest BCUT2D eigenvalue weighted by atomic mass is 79.9. The molecule has 3 fully saturated rings. The van der Waals surface area contributed by atoms with E-state index in [0.717, 1.165) is 30.1 Å². The Balaban J connectivity index is 1.38. The van der Waals surface area contributed by atoms with Crippen LogP contribution in [0.2, 0.25) is 0 Å². The normalized spacial score (nSPS) is 41.0. The summed E-state index contributed by atoms with van der Waals surface area (Å²) in [6.07, 6.45) is 23.7. The Morgan fingerprint density at radius 3 is 2.58 bits per heavy atom. The number of rotatable bonds is 9. The summed E-state index contributed by atoms with van der Waals surface area (Å²) in [5, 5.41) is 0.809. The van der Waals surface area contributed by atoms with Gasteiger partial charge in [-0.2, -0.15) is 0 Å². The summed E-state index contributed by atoms with van der Waals surface area (Å²) in [6.45, 7) is 9.59. The molecule has 0 bridgehead atoms. The predicted octanol–water partition coefficient (Wildman–Crippen LogP) is 9.73. The quantitative estimate of drug-likeness (QED) is 0.165. The first-order valence-electron chi connectivity index (χ1n) is 14.3. The van der Waals surface area contributed by atoms with Gasteiger partial charge < -0.3 is 0 Å². The predicted molar refractivity (Wildman–Crippen MR) is 148 cm³/mol. The van der Waals surface area contributed by atoms with Crippen LogP contribution in [0, 0.1) is 34.5 Å². The number of thioether (sulfide) groups is 1. The molecule has 0 saturated heterocycles. The smallest absolute Gasteiger partial charge is 0.202 e. The fraction of sp³-hybridized carbons (Fsp3) is 0.900. The molecule has 0 radical (unpaired) electrons. The highest BCUT2D eigenvalue weighted by Gasteiger charge is 2.58. The Bertz CT molecular complexity index is 716. The van der Waals surface area contributed by atoms with Crippen molar-refractivity contribution in [3.05, 3.63) is 11.6 Å². The molecular formula is C30H49BrOS. The van der Waals surface area contributed by atoms with Crippen LogP contribution < -0.4 is 0 Å².